The van der Waals surface area contributed by atoms with Gasteiger partial charge in [0.05, 0.1) is 0 Å². The molecule has 1 heterocycles. The van der Waals surface area contributed by atoms with Crippen molar-refractivity contribution in [1.82, 2.24) is 0 Å². The van der Waals surface area contributed by atoms with Crippen molar-refractivity contribution in [2.24, 2.45) is 0 Å². The summed E-state index contributed by atoms with van der Waals surface area (Å²) in [5, 5.41) is 0. The summed E-state index contributed by atoms with van der Waals surface area (Å²) < 4.78 is 27.0. The average Bonchev–Trinajstić information content (AvgIpc) is 2.34. The highest BCUT2D eigenvalue weighted by molar-refractivity contribution is 5.58. The molecular weight excluding hydrogens is 220 g/mol. The second-order valence-electron chi connectivity index (χ2n) is 4.95. The highest BCUT2D eigenvalue weighted by atomic mass is 19.2. The molecule has 0 aromatic heterocycles. The van der Waals surface area contributed by atoms with Crippen molar-refractivity contribution in [2.75, 3.05) is 11.4 Å². The Morgan fingerprint density at radius 3 is 2.59 bits per heavy atom. The van der Waals surface area contributed by atoms with Crippen LogP contribution in [0.4, 0.5) is 14.5 Å². The van der Waals surface area contributed by atoms with E-state index in [0.717, 1.165) is 25.1 Å². The van der Waals surface area contributed by atoms with Gasteiger partial charge in [0.25, 0.3) is 0 Å². The first-order valence-electron chi connectivity index (χ1n) is 6.28. The van der Waals surface area contributed by atoms with Crippen LogP contribution in [0.5, 0.6) is 0 Å². The Balaban J connectivity index is 2.53. The summed E-state index contributed by atoms with van der Waals surface area (Å²) in [6.07, 6.45) is 2.52. The number of rotatable bonds is 2. The molecule has 1 aliphatic heterocycles. The van der Waals surface area contributed by atoms with E-state index in [1.807, 2.05) is 0 Å². The van der Waals surface area contributed by atoms with E-state index < -0.39 is 11.6 Å². The molecule has 1 unspecified atom stereocenters. The van der Waals surface area contributed by atoms with Crippen molar-refractivity contribution in [1.29, 1.82) is 0 Å². The van der Waals surface area contributed by atoms with Gasteiger partial charge in [-0.25, -0.2) is 8.78 Å². The van der Waals surface area contributed by atoms with Gasteiger partial charge < -0.3 is 4.90 Å². The molecule has 0 radical (unpaired) electrons. The monoisotopic (exact) mass is 239 g/mol. The maximum absolute atomic E-state index is 13.7. The topological polar surface area (TPSA) is 3.24 Å². The molecule has 0 fully saturated rings. The van der Waals surface area contributed by atoms with Crippen LogP contribution < -0.4 is 4.90 Å². The van der Waals surface area contributed by atoms with Crippen LogP contribution in [0.25, 0.3) is 0 Å². The number of anilines is 1. The van der Waals surface area contributed by atoms with E-state index in [2.05, 4.69) is 25.7 Å². The average molecular weight is 239 g/mol. The molecule has 1 aromatic carbocycles. The van der Waals surface area contributed by atoms with Crippen molar-refractivity contribution in [3.05, 3.63) is 29.3 Å². The van der Waals surface area contributed by atoms with Crippen LogP contribution in [0.15, 0.2) is 12.1 Å². The Hall–Kier alpha value is -1.12. The Bertz CT molecular complexity index is 430. The van der Waals surface area contributed by atoms with Crippen LogP contribution in [0.1, 0.15) is 39.2 Å². The number of hydrogen-bond acceptors (Lipinski definition) is 1. The molecule has 0 amide bonds. The van der Waals surface area contributed by atoms with Gasteiger partial charge in [-0.05, 0) is 45.2 Å². The minimum Gasteiger partial charge on any atom is -0.366 e. The summed E-state index contributed by atoms with van der Waals surface area (Å²) in [7, 11) is 0. The predicted octanol–water partition coefficient (Wildman–Crippen LogP) is 3.91. The summed E-state index contributed by atoms with van der Waals surface area (Å²) in [6.45, 7) is 7.22. The standard InChI is InChI=1S/C14H19F2N/c1-4-14(3)9-8-10-12(17(14)5-2)7-6-11(15)13(10)16/h6-7H,4-5,8-9H2,1-3H3. The number of benzene rings is 1. The van der Waals surface area contributed by atoms with E-state index in [-0.39, 0.29) is 5.54 Å². The zero-order valence-electron chi connectivity index (χ0n) is 10.7. The lowest BCUT2D eigenvalue weighted by Gasteiger charge is -2.46. The molecule has 0 saturated carbocycles. The number of hydrogen-bond donors (Lipinski definition) is 0. The van der Waals surface area contributed by atoms with Gasteiger partial charge in [0.2, 0.25) is 0 Å². The fraction of sp³-hybridized carbons (Fsp3) is 0.571. The van der Waals surface area contributed by atoms with Gasteiger partial charge >= 0.3 is 0 Å². The van der Waals surface area contributed by atoms with Crippen molar-refractivity contribution in [3.8, 4) is 0 Å². The molecule has 3 heteroatoms. The lowest BCUT2D eigenvalue weighted by Crippen LogP contribution is -2.49. The third-order valence-electron chi connectivity index (χ3n) is 4.11. The summed E-state index contributed by atoms with van der Waals surface area (Å²) in [4.78, 5) is 2.20. The first-order valence-corrected chi connectivity index (χ1v) is 6.28. The summed E-state index contributed by atoms with van der Waals surface area (Å²) in [6, 6.07) is 2.95. The van der Waals surface area contributed by atoms with Crippen molar-refractivity contribution in [3.63, 3.8) is 0 Å². The van der Waals surface area contributed by atoms with Crippen LogP contribution in [0.2, 0.25) is 0 Å². The molecule has 17 heavy (non-hydrogen) atoms. The minimum absolute atomic E-state index is 0.0615. The zero-order valence-corrected chi connectivity index (χ0v) is 10.7. The number of halogens is 2. The van der Waals surface area contributed by atoms with Crippen molar-refractivity contribution < 1.29 is 8.78 Å². The molecule has 0 aliphatic carbocycles. The zero-order chi connectivity index (χ0) is 12.6. The third-order valence-corrected chi connectivity index (χ3v) is 4.11. The molecule has 1 aliphatic rings. The Labute approximate surface area is 101 Å². The summed E-state index contributed by atoms with van der Waals surface area (Å²) in [5.41, 5.74) is 1.46. The largest absolute Gasteiger partial charge is 0.366 e. The first kappa shape index (κ1) is 12.3. The number of nitrogens with zero attached hydrogens (tertiary/aromatic N) is 1. The minimum atomic E-state index is -0.736. The van der Waals surface area contributed by atoms with Crippen LogP contribution in [-0.4, -0.2) is 12.1 Å². The van der Waals surface area contributed by atoms with Gasteiger partial charge in [0, 0.05) is 23.3 Å². The molecule has 2 rings (SSSR count). The van der Waals surface area contributed by atoms with E-state index >= 15 is 0 Å². The summed E-state index contributed by atoms with van der Waals surface area (Å²) >= 11 is 0. The third kappa shape index (κ3) is 1.81. The Kier molecular flexibility index (Phi) is 3.11. The SMILES string of the molecule is CCN1c2ccc(F)c(F)c2CCC1(C)CC. The van der Waals surface area contributed by atoms with Crippen molar-refractivity contribution >= 4 is 5.69 Å². The molecule has 0 N–H and O–H groups in total. The van der Waals surface area contributed by atoms with Gasteiger partial charge in [-0.1, -0.05) is 6.92 Å². The van der Waals surface area contributed by atoms with Gasteiger partial charge in [0.15, 0.2) is 11.6 Å². The Morgan fingerprint density at radius 2 is 2.00 bits per heavy atom. The quantitative estimate of drug-likeness (QED) is 0.756. The van der Waals surface area contributed by atoms with Crippen LogP contribution in [0, 0.1) is 11.6 Å². The van der Waals surface area contributed by atoms with E-state index in [0.29, 0.717) is 12.0 Å². The summed E-state index contributed by atoms with van der Waals surface area (Å²) in [5.74, 6) is -1.40. The molecule has 1 nitrogen and oxygen atoms in total. The highest BCUT2D eigenvalue weighted by Gasteiger charge is 2.35. The molecule has 1 atom stereocenters. The maximum Gasteiger partial charge on any atom is 0.164 e. The molecule has 1 aromatic rings. The van der Waals surface area contributed by atoms with E-state index in [9.17, 15) is 8.78 Å². The highest BCUT2D eigenvalue weighted by Crippen LogP contribution is 2.39. The molecule has 0 saturated heterocycles. The predicted molar refractivity (Wildman–Crippen MR) is 66.4 cm³/mol. The fourth-order valence-corrected chi connectivity index (χ4v) is 2.81. The molecular formula is C14H19F2N. The molecule has 94 valence electrons. The lowest BCUT2D eigenvalue weighted by atomic mass is 9.83. The van der Waals surface area contributed by atoms with E-state index in [1.54, 1.807) is 6.07 Å². The van der Waals surface area contributed by atoms with E-state index in [1.165, 1.54) is 6.07 Å². The molecule has 0 spiro atoms. The fourth-order valence-electron chi connectivity index (χ4n) is 2.81. The van der Waals surface area contributed by atoms with Gasteiger partial charge in [-0.15, -0.1) is 0 Å². The smallest absolute Gasteiger partial charge is 0.164 e. The number of fused-ring (bicyclic) bond motifs is 1. The van der Waals surface area contributed by atoms with E-state index in [4.69, 9.17) is 0 Å². The van der Waals surface area contributed by atoms with Gasteiger partial charge in [0.1, 0.15) is 0 Å². The Morgan fingerprint density at radius 1 is 1.29 bits per heavy atom. The first-order chi connectivity index (χ1) is 8.03. The van der Waals surface area contributed by atoms with Crippen LogP contribution >= 0.6 is 0 Å². The second-order valence-corrected chi connectivity index (χ2v) is 4.95. The molecule has 0 bridgehead atoms. The van der Waals surface area contributed by atoms with Gasteiger partial charge in [-0.2, -0.15) is 0 Å². The normalized spacial score (nSPS) is 23.7. The maximum atomic E-state index is 13.7. The van der Waals surface area contributed by atoms with Gasteiger partial charge in [-0.3, -0.25) is 0 Å². The lowest BCUT2D eigenvalue weighted by molar-refractivity contribution is 0.360. The van der Waals surface area contributed by atoms with Crippen molar-refractivity contribution in [2.45, 2.75) is 45.6 Å². The van der Waals surface area contributed by atoms with Crippen LogP contribution in [-0.2, 0) is 6.42 Å². The van der Waals surface area contributed by atoms with Crippen LogP contribution in [0.3, 0.4) is 0 Å². The second kappa shape index (κ2) is 4.28.